The fourth-order valence-electron chi connectivity index (χ4n) is 3.65. The zero-order valence-corrected chi connectivity index (χ0v) is 16.1. The molecule has 1 unspecified atom stereocenters. The van der Waals surface area contributed by atoms with Crippen molar-refractivity contribution in [3.63, 3.8) is 0 Å². The smallest absolute Gasteiger partial charge is 0.217 e. The molecule has 2 aliphatic heterocycles. The molecule has 0 spiro atoms. The standard InChI is InChI=1S/C22H25NO6/c1-14(24)23-18-19(25)20-17(13-27-21(29-20)16-10-6-3-7-11-16)28-22(18)26-12-15-8-4-2-5-9-15/h2-11,17-22,25H,12-13H2,1H3,(H,23,24)/t17-,18-,19-,20-,21?,22-/m1/s1. The Bertz CT molecular complexity index is 801. The summed E-state index contributed by atoms with van der Waals surface area (Å²) in [6.45, 7) is 1.93. The van der Waals surface area contributed by atoms with E-state index in [-0.39, 0.29) is 12.5 Å². The van der Waals surface area contributed by atoms with Crippen molar-refractivity contribution in [1.82, 2.24) is 5.32 Å². The Hall–Kier alpha value is -2.29. The van der Waals surface area contributed by atoms with E-state index < -0.39 is 36.9 Å². The molecule has 2 heterocycles. The number of fused-ring (bicyclic) bond motifs is 1. The lowest BCUT2D eigenvalue weighted by atomic mass is 9.95. The summed E-state index contributed by atoms with van der Waals surface area (Å²) >= 11 is 0. The van der Waals surface area contributed by atoms with Crippen LogP contribution >= 0.6 is 0 Å². The number of aliphatic hydroxyl groups is 1. The van der Waals surface area contributed by atoms with E-state index in [1.807, 2.05) is 60.7 Å². The number of ether oxygens (including phenoxy) is 4. The Labute approximate surface area is 169 Å². The minimum Gasteiger partial charge on any atom is -0.388 e. The molecule has 0 aromatic heterocycles. The van der Waals surface area contributed by atoms with Gasteiger partial charge >= 0.3 is 0 Å². The first-order chi connectivity index (χ1) is 14.1. The number of hydrogen-bond acceptors (Lipinski definition) is 6. The van der Waals surface area contributed by atoms with Crippen LogP contribution in [0.1, 0.15) is 24.3 Å². The number of aliphatic hydroxyl groups excluding tert-OH is 1. The second-order valence-corrected chi connectivity index (χ2v) is 7.23. The number of rotatable bonds is 5. The zero-order chi connectivity index (χ0) is 20.2. The molecule has 0 radical (unpaired) electrons. The first-order valence-electron chi connectivity index (χ1n) is 9.70. The van der Waals surface area contributed by atoms with Crippen molar-refractivity contribution < 1.29 is 28.8 Å². The predicted molar refractivity (Wildman–Crippen MR) is 104 cm³/mol. The quantitative estimate of drug-likeness (QED) is 0.799. The van der Waals surface area contributed by atoms with Crippen LogP contribution in [0.15, 0.2) is 60.7 Å². The van der Waals surface area contributed by atoms with Gasteiger partial charge in [0.05, 0.1) is 13.2 Å². The summed E-state index contributed by atoms with van der Waals surface area (Å²) in [6, 6.07) is 18.4. The minimum absolute atomic E-state index is 0.249. The highest BCUT2D eigenvalue weighted by Gasteiger charge is 2.50. The fraction of sp³-hybridized carbons (Fsp3) is 0.409. The average Bonchev–Trinajstić information content (AvgIpc) is 2.75. The molecule has 7 heteroatoms. The van der Waals surface area contributed by atoms with Crippen LogP contribution in [0.3, 0.4) is 0 Å². The lowest BCUT2D eigenvalue weighted by Crippen LogP contribution is -2.66. The molecule has 0 bridgehead atoms. The van der Waals surface area contributed by atoms with Gasteiger partial charge in [-0.05, 0) is 5.56 Å². The van der Waals surface area contributed by atoms with Crippen LogP contribution in [0.25, 0.3) is 0 Å². The van der Waals surface area contributed by atoms with Gasteiger partial charge in [-0.3, -0.25) is 4.79 Å². The maximum atomic E-state index is 11.7. The van der Waals surface area contributed by atoms with E-state index in [4.69, 9.17) is 18.9 Å². The van der Waals surface area contributed by atoms with Gasteiger partial charge in [-0.15, -0.1) is 0 Å². The topological polar surface area (TPSA) is 86.3 Å². The van der Waals surface area contributed by atoms with Crippen molar-refractivity contribution in [2.24, 2.45) is 0 Å². The van der Waals surface area contributed by atoms with Crippen LogP contribution < -0.4 is 5.32 Å². The highest BCUT2D eigenvalue weighted by molar-refractivity contribution is 5.73. The summed E-state index contributed by atoms with van der Waals surface area (Å²) in [5, 5.41) is 13.7. The molecular weight excluding hydrogens is 374 g/mol. The Morgan fingerprint density at radius 3 is 2.48 bits per heavy atom. The van der Waals surface area contributed by atoms with Crippen LogP contribution in [0, 0.1) is 0 Å². The van der Waals surface area contributed by atoms with Gasteiger partial charge in [0.25, 0.3) is 0 Å². The molecule has 2 saturated heterocycles. The Balaban J connectivity index is 1.48. The molecule has 2 aromatic rings. The first kappa shape index (κ1) is 20.0. The Morgan fingerprint density at radius 1 is 1.10 bits per heavy atom. The van der Waals surface area contributed by atoms with Crippen molar-refractivity contribution in [3.8, 4) is 0 Å². The van der Waals surface area contributed by atoms with Gasteiger partial charge in [-0.2, -0.15) is 0 Å². The van der Waals surface area contributed by atoms with Gasteiger partial charge in [0.1, 0.15) is 24.4 Å². The molecule has 29 heavy (non-hydrogen) atoms. The Morgan fingerprint density at radius 2 is 1.79 bits per heavy atom. The molecule has 2 aromatic carbocycles. The summed E-state index contributed by atoms with van der Waals surface area (Å²) < 4.78 is 23.8. The van der Waals surface area contributed by atoms with E-state index in [1.165, 1.54) is 6.92 Å². The Kier molecular flexibility index (Phi) is 6.22. The number of carbonyl (C=O) groups is 1. The number of nitrogens with one attached hydrogen (secondary N) is 1. The average molecular weight is 399 g/mol. The van der Waals surface area contributed by atoms with Gasteiger partial charge < -0.3 is 29.4 Å². The molecule has 0 aliphatic carbocycles. The number of amides is 1. The van der Waals surface area contributed by atoms with Gasteiger partial charge in [0.2, 0.25) is 5.91 Å². The molecule has 4 rings (SSSR count). The predicted octanol–water partition coefficient (Wildman–Crippen LogP) is 1.91. The molecule has 6 atom stereocenters. The van der Waals surface area contributed by atoms with Crippen molar-refractivity contribution in [2.75, 3.05) is 6.61 Å². The largest absolute Gasteiger partial charge is 0.388 e. The van der Waals surface area contributed by atoms with Crippen molar-refractivity contribution >= 4 is 5.91 Å². The normalized spacial score (nSPS) is 31.7. The SMILES string of the molecule is CC(=O)N[C@H]1[C@H](OCc2ccccc2)O[C@@H]2COC(c3ccccc3)O[C@H]2[C@@H]1O. The van der Waals surface area contributed by atoms with E-state index in [9.17, 15) is 9.90 Å². The first-order valence-corrected chi connectivity index (χ1v) is 9.70. The number of benzene rings is 2. The zero-order valence-electron chi connectivity index (χ0n) is 16.1. The lowest BCUT2D eigenvalue weighted by molar-refractivity contribution is -0.345. The van der Waals surface area contributed by atoms with E-state index >= 15 is 0 Å². The third-order valence-corrected chi connectivity index (χ3v) is 5.06. The van der Waals surface area contributed by atoms with Crippen LogP contribution in [0.4, 0.5) is 0 Å². The molecule has 0 saturated carbocycles. The third kappa shape index (κ3) is 4.66. The van der Waals surface area contributed by atoms with Gasteiger partial charge in [0.15, 0.2) is 12.6 Å². The van der Waals surface area contributed by atoms with Crippen LogP contribution in [-0.4, -0.2) is 48.3 Å². The summed E-state index contributed by atoms with van der Waals surface area (Å²) in [6.07, 6.45) is -3.59. The summed E-state index contributed by atoms with van der Waals surface area (Å²) in [5.41, 5.74) is 1.83. The molecule has 2 fully saturated rings. The van der Waals surface area contributed by atoms with E-state index in [1.54, 1.807) is 0 Å². The van der Waals surface area contributed by atoms with Crippen molar-refractivity contribution in [1.29, 1.82) is 0 Å². The highest BCUT2D eigenvalue weighted by Crippen LogP contribution is 2.34. The summed E-state index contributed by atoms with van der Waals surface area (Å²) in [5.74, 6) is -0.281. The van der Waals surface area contributed by atoms with Gasteiger partial charge in [0, 0.05) is 12.5 Å². The van der Waals surface area contributed by atoms with E-state index in [2.05, 4.69) is 5.32 Å². The van der Waals surface area contributed by atoms with Crippen LogP contribution in [-0.2, 0) is 30.3 Å². The summed E-state index contributed by atoms with van der Waals surface area (Å²) in [7, 11) is 0. The maximum absolute atomic E-state index is 11.7. The fourth-order valence-corrected chi connectivity index (χ4v) is 3.65. The van der Waals surface area contributed by atoms with Crippen molar-refractivity contribution in [2.45, 2.75) is 50.5 Å². The van der Waals surface area contributed by atoms with E-state index in [0.29, 0.717) is 6.61 Å². The molecular formula is C22H25NO6. The second-order valence-electron chi connectivity index (χ2n) is 7.23. The molecule has 2 N–H and O–H groups in total. The van der Waals surface area contributed by atoms with E-state index in [0.717, 1.165) is 11.1 Å². The monoisotopic (exact) mass is 399 g/mol. The van der Waals surface area contributed by atoms with Crippen molar-refractivity contribution in [3.05, 3.63) is 71.8 Å². The third-order valence-electron chi connectivity index (χ3n) is 5.06. The van der Waals surface area contributed by atoms with Gasteiger partial charge in [-0.25, -0.2) is 0 Å². The van der Waals surface area contributed by atoms with Crippen LogP contribution in [0.2, 0.25) is 0 Å². The molecule has 154 valence electrons. The molecule has 7 nitrogen and oxygen atoms in total. The van der Waals surface area contributed by atoms with Gasteiger partial charge in [-0.1, -0.05) is 60.7 Å². The number of carbonyl (C=O) groups excluding carboxylic acids is 1. The number of hydrogen-bond donors (Lipinski definition) is 2. The second kappa shape index (κ2) is 9.02. The van der Waals surface area contributed by atoms with Crippen LogP contribution in [0.5, 0.6) is 0 Å². The summed E-state index contributed by atoms with van der Waals surface area (Å²) in [4.78, 5) is 11.7. The molecule has 2 aliphatic rings. The highest BCUT2D eigenvalue weighted by atomic mass is 16.7. The minimum atomic E-state index is -1.01. The maximum Gasteiger partial charge on any atom is 0.217 e. The molecule has 1 amide bonds. The lowest BCUT2D eigenvalue weighted by Gasteiger charge is -2.47.